The monoisotopic (exact) mass is 253 g/mol. The molecule has 1 aromatic rings. The number of benzene rings is 1. The first-order valence-electron chi connectivity index (χ1n) is 5.17. The van der Waals surface area contributed by atoms with Crippen molar-refractivity contribution < 1.29 is 13.2 Å². The second kappa shape index (κ2) is 3.53. The van der Waals surface area contributed by atoms with Crippen LogP contribution in [0.25, 0.3) is 5.57 Å². The van der Waals surface area contributed by atoms with Gasteiger partial charge in [-0.2, -0.15) is 13.2 Å². The lowest BCUT2D eigenvalue weighted by Crippen LogP contribution is -2.26. The van der Waals surface area contributed by atoms with E-state index in [1.165, 1.54) is 23.5 Å². The third-order valence-electron chi connectivity index (χ3n) is 2.88. The number of hydrogen-bond acceptors (Lipinski definition) is 0. The van der Waals surface area contributed by atoms with E-state index in [9.17, 15) is 13.2 Å². The SMILES string of the molecule is FC(F)(F)C1C=CC=C2[S+]=c3ccccc3=C21. The van der Waals surface area contributed by atoms with Gasteiger partial charge in [0.15, 0.2) is 0 Å². The molecule has 1 unspecified atom stereocenters. The van der Waals surface area contributed by atoms with Gasteiger partial charge >= 0.3 is 6.18 Å². The number of fused-ring (bicyclic) bond motifs is 2. The molecule has 0 saturated carbocycles. The molecule has 1 atom stereocenters. The van der Waals surface area contributed by atoms with Crippen molar-refractivity contribution in [1.82, 2.24) is 0 Å². The van der Waals surface area contributed by atoms with E-state index in [0.29, 0.717) is 5.57 Å². The minimum atomic E-state index is -4.22. The van der Waals surface area contributed by atoms with Crippen LogP contribution in [-0.4, -0.2) is 6.18 Å². The summed E-state index contributed by atoms with van der Waals surface area (Å²) in [6.45, 7) is 0. The minimum absolute atomic E-state index is 0.403. The van der Waals surface area contributed by atoms with Crippen LogP contribution in [0.5, 0.6) is 0 Å². The zero-order valence-corrected chi connectivity index (χ0v) is 9.48. The van der Waals surface area contributed by atoms with Gasteiger partial charge in [-0.15, -0.1) is 0 Å². The van der Waals surface area contributed by atoms with Crippen LogP contribution in [0.1, 0.15) is 0 Å². The summed E-state index contributed by atoms with van der Waals surface area (Å²) in [4.78, 5) is 0.719. The van der Waals surface area contributed by atoms with Crippen molar-refractivity contribution in [2.45, 2.75) is 6.18 Å². The molecule has 1 aliphatic carbocycles. The zero-order chi connectivity index (χ0) is 12.0. The van der Waals surface area contributed by atoms with E-state index in [1.807, 2.05) is 12.1 Å². The summed E-state index contributed by atoms with van der Waals surface area (Å²) in [6.07, 6.45) is 0.253. The molecule has 1 aromatic carbocycles. The normalized spacial score (nSPS) is 21.7. The molecule has 3 rings (SSSR count). The number of alkyl halides is 3. The maximum absolute atomic E-state index is 13.0. The van der Waals surface area contributed by atoms with Crippen molar-refractivity contribution in [1.29, 1.82) is 0 Å². The number of rotatable bonds is 0. The van der Waals surface area contributed by atoms with Crippen molar-refractivity contribution >= 4 is 16.9 Å². The van der Waals surface area contributed by atoms with Crippen molar-refractivity contribution in [3.05, 3.63) is 57.1 Å². The van der Waals surface area contributed by atoms with Gasteiger partial charge in [-0.25, -0.2) is 0 Å². The Labute approximate surface area is 99.7 Å². The summed E-state index contributed by atoms with van der Waals surface area (Å²) in [5, 5.41) is 0.718. The van der Waals surface area contributed by atoms with Crippen LogP contribution >= 0.6 is 0 Å². The van der Waals surface area contributed by atoms with Crippen LogP contribution in [0, 0.1) is 10.4 Å². The summed E-state index contributed by atoms with van der Waals surface area (Å²) in [5.41, 5.74) is 0.403. The highest BCUT2D eigenvalue weighted by Crippen LogP contribution is 2.39. The first kappa shape index (κ1) is 10.7. The molecule has 0 fully saturated rings. The van der Waals surface area contributed by atoms with E-state index in [-0.39, 0.29) is 0 Å². The summed E-state index contributed by atoms with van der Waals surface area (Å²) >= 11 is 1.41. The average molecular weight is 253 g/mol. The Morgan fingerprint density at radius 3 is 2.65 bits per heavy atom. The van der Waals surface area contributed by atoms with Gasteiger partial charge in [-0.1, -0.05) is 24.3 Å². The Balaban J connectivity index is 2.32. The molecule has 0 spiro atoms. The highest BCUT2D eigenvalue weighted by molar-refractivity contribution is 7.75. The lowest BCUT2D eigenvalue weighted by molar-refractivity contribution is -0.146. The molecule has 86 valence electrons. The molecule has 0 N–H and O–H groups in total. The number of allylic oxidation sites excluding steroid dienone is 4. The van der Waals surface area contributed by atoms with E-state index >= 15 is 0 Å². The maximum Gasteiger partial charge on any atom is 0.399 e. The van der Waals surface area contributed by atoms with Crippen molar-refractivity contribution in [3.63, 3.8) is 0 Å². The fourth-order valence-corrected chi connectivity index (χ4v) is 3.32. The lowest BCUT2D eigenvalue weighted by atomic mass is 9.92. The third-order valence-corrected chi connectivity index (χ3v) is 4.03. The molecule has 0 aromatic heterocycles. The fraction of sp³-hybridized carbons (Fsp3) is 0.154. The van der Waals surface area contributed by atoms with E-state index < -0.39 is 12.1 Å². The van der Waals surface area contributed by atoms with Gasteiger partial charge < -0.3 is 0 Å². The standard InChI is InChI=1S/C13H8F3S/c14-13(15,16)9-5-3-7-11-12(9)8-4-1-2-6-10(8)17-11/h1-7,9H/q+1. The smallest absolute Gasteiger partial charge is 0.170 e. The van der Waals surface area contributed by atoms with E-state index in [0.717, 1.165) is 14.6 Å². The highest BCUT2D eigenvalue weighted by Gasteiger charge is 2.46. The number of halogens is 3. The molecule has 2 aliphatic rings. The third kappa shape index (κ3) is 1.63. The number of hydrogen-bond donors (Lipinski definition) is 0. The minimum Gasteiger partial charge on any atom is -0.170 e. The Bertz CT molecular complexity index is 650. The van der Waals surface area contributed by atoms with E-state index in [4.69, 9.17) is 0 Å². The van der Waals surface area contributed by atoms with Gasteiger partial charge in [0, 0.05) is 22.9 Å². The van der Waals surface area contributed by atoms with Crippen LogP contribution in [0.3, 0.4) is 0 Å². The van der Waals surface area contributed by atoms with Crippen LogP contribution in [-0.2, 0) is 11.4 Å². The van der Waals surface area contributed by atoms with Gasteiger partial charge in [0.1, 0.15) is 5.92 Å². The van der Waals surface area contributed by atoms with Crippen molar-refractivity contribution in [2.24, 2.45) is 5.92 Å². The van der Waals surface area contributed by atoms with Crippen molar-refractivity contribution in [3.8, 4) is 0 Å². The van der Waals surface area contributed by atoms with Gasteiger partial charge in [0.25, 0.3) is 0 Å². The molecule has 1 aliphatic heterocycles. The van der Waals surface area contributed by atoms with Crippen LogP contribution in [0.15, 0.2) is 47.4 Å². The summed E-state index contributed by atoms with van der Waals surface area (Å²) in [7, 11) is 0. The highest BCUT2D eigenvalue weighted by atomic mass is 32.1. The fourth-order valence-electron chi connectivity index (χ4n) is 2.15. The second-order valence-electron chi connectivity index (χ2n) is 3.95. The Hall–Kier alpha value is -1.42. The van der Waals surface area contributed by atoms with Crippen LogP contribution < -0.4 is 5.22 Å². The molecular formula is C13H8F3S+. The van der Waals surface area contributed by atoms with Gasteiger partial charge in [-0.3, -0.25) is 0 Å². The molecule has 4 heteroatoms. The zero-order valence-electron chi connectivity index (χ0n) is 8.66. The lowest BCUT2D eigenvalue weighted by Gasteiger charge is -2.18. The summed E-state index contributed by atoms with van der Waals surface area (Å²) in [5.74, 6) is -1.47. The molecule has 0 bridgehead atoms. The van der Waals surface area contributed by atoms with Crippen LogP contribution in [0.2, 0.25) is 0 Å². The average Bonchev–Trinajstić information content (AvgIpc) is 2.65. The van der Waals surface area contributed by atoms with E-state index in [1.54, 1.807) is 18.2 Å². The first-order chi connectivity index (χ1) is 8.07. The molecule has 0 amide bonds. The topological polar surface area (TPSA) is 0 Å². The molecule has 0 nitrogen and oxygen atoms in total. The summed E-state index contributed by atoms with van der Waals surface area (Å²) in [6, 6.07) is 7.25. The molecule has 1 heterocycles. The second-order valence-corrected chi connectivity index (χ2v) is 5.03. The Kier molecular flexibility index (Phi) is 2.23. The van der Waals surface area contributed by atoms with Crippen LogP contribution in [0.4, 0.5) is 13.2 Å². The molecule has 17 heavy (non-hydrogen) atoms. The van der Waals surface area contributed by atoms with Crippen molar-refractivity contribution in [2.75, 3.05) is 0 Å². The molecule has 0 saturated heterocycles. The van der Waals surface area contributed by atoms with Gasteiger partial charge in [-0.05, 0) is 6.07 Å². The first-order valence-corrected chi connectivity index (χ1v) is 5.99. The predicted octanol–water partition coefficient (Wildman–Crippen LogP) is 2.82. The molecule has 0 radical (unpaired) electrons. The maximum atomic E-state index is 13.0. The Morgan fingerprint density at radius 2 is 1.88 bits per heavy atom. The predicted molar refractivity (Wildman–Crippen MR) is 62.4 cm³/mol. The van der Waals surface area contributed by atoms with E-state index in [2.05, 4.69) is 0 Å². The Morgan fingerprint density at radius 1 is 1.12 bits per heavy atom. The largest absolute Gasteiger partial charge is 0.399 e. The summed E-state index contributed by atoms with van der Waals surface area (Å²) < 4.78 is 39.8. The van der Waals surface area contributed by atoms with Gasteiger partial charge in [0.05, 0.1) is 0 Å². The molecular weight excluding hydrogens is 245 g/mol. The quantitative estimate of drug-likeness (QED) is 0.492. The van der Waals surface area contributed by atoms with Gasteiger partial charge in [0.2, 0.25) is 20.8 Å².